The third-order valence-corrected chi connectivity index (χ3v) is 10.7. The van der Waals surface area contributed by atoms with Crippen LogP contribution in [0.3, 0.4) is 0 Å². The van der Waals surface area contributed by atoms with Crippen molar-refractivity contribution in [3.63, 3.8) is 0 Å². The third-order valence-electron chi connectivity index (χ3n) is 10.7. The molecule has 0 unspecified atom stereocenters. The first-order valence-corrected chi connectivity index (χ1v) is 13.5. The van der Waals surface area contributed by atoms with Crippen LogP contribution in [0.4, 0.5) is 0 Å². The Morgan fingerprint density at radius 1 is 1.14 bits per heavy atom. The van der Waals surface area contributed by atoms with Crippen LogP contribution < -0.4 is 0 Å². The molecule has 6 heteroatoms. The molecule has 0 amide bonds. The van der Waals surface area contributed by atoms with Gasteiger partial charge in [0.1, 0.15) is 11.3 Å². The molecule has 1 spiro atoms. The van der Waals surface area contributed by atoms with E-state index in [-0.39, 0.29) is 40.9 Å². The van der Waals surface area contributed by atoms with Gasteiger partial charge in [-0.05, 0) is 50.4 Å². The SMILES string of the molecule is CC[C@@H]1C[C@]23OC(=O)C(=C(O)[C@@]4(C)[C@@H]5C[C@H](O)[C@H](C)[C@H](O)[C@H]5C=C[C@H]4C/C=C/C[C@]2(C)C=C1C)C3=O. The fourth-order valence-electron chi connectivity index (χ4n) is 8.03. The molecule has 0 aromatic carbocycles. The Bertz CT molecular complexity index is 1100. The summed E-state index contributed by atoms with van der Waals surface area (Å²) in [6.07, 6.45) is 11.5. The van der Waals surface area contributed by atoms with E-state index in [1.54, 1.807) is 0 Å². The van der Waals surface area contributed by atoms with Gasteiger partial charge >= 0.3 is 5.97 Å². The molecule has 2 bridgehead atoms. The summed E-state index contributed by atoms with van der Waals surface area (Å²) in [5, 5.41) is 33.8. The first kappa shape index (κ1) is 25.5. The Labute approximate surface area is 213 Å². The van der Waals surface area contributed by atoms with E-state index in [1.807, 2.05) is 32.9 Å². The Balaban J connectivity index is 1.72. The first-order valence-electron chi connectivity index (χ1n) is 13.5. The van der Waals surface area contributed by atoms with Crippen molar-refractivity contribution >= 4 is 11.8 Å². The molecule has 196 valence electrons. The minimum Gasteiger partial charge on any atom is -0.511 e. The quantitative estimate of drug-likeness (QED) is 0.279. The van der Waals surface area contributed by atoms with Gasteiger partial charge in [0, 0.05) is 29.1 Å². The number of hydrogen-bond acceptors (Lipinski definition) is 6. The average molecular weight is 497 g/mol. The number of ether oxygens (including phenoxy) is 1. The molecule has 10 atom stereocenters. The van der Waals surface area contributed by atoms with Crippen LogP contribution in [-0.4, -0.2) is 44.9 Å². The van der Waals surface area contributed by atoms with Crippen LogP contribution in [0.2, 0.25) is 0 Å². The molecule has 1 aliphatic heterocycles. The summed E-state index contributed by atoms with van der Waals surface area (Å²) in [4.78, 5) is 27.8. The number of aliphatic hydroxyl groups is 3. The number of fused-ring (bicyclic) bond motifs is 4. The van der Waals surface area contributed by atoms with E-state index in [9.17, 15) is 24.9 Å². The van der Waals surface area contributed by atoms with Gasteiger partial charge in [0.2, 0.25) is 5.78 Å². The van der Waals surface area contributed by atoms with Crippen molar-refractivity contribution in [1.29, 1.82) is 0 Å². The second-order valence-electron chi connectivity index (χ2n) is 12.4. The zero-order valence-electron chi connectivity index (χ0n) is 22.0. The highest BCUT2D eigenvalue weighted by Gasteiger charge is 2.66. The highest BCUT2D eigenvalue weighted by Crippen LogP contribution is 2.60. The van der Waals surface area contributed by atoms with Crippen molar-refractivity contribution in [2.75, 3.05) is 0 Å². The highest BCUT2D eigenvalue weighted by molar-refractivity contribution is 6.26. The lowest BCUT2D eigenvalue weighted by Gasteiger charge is -2.53. The molecular formula is C30H40O6. The van der Waals surface area contributed by atoms with Crippen molar-refractivity contribution in [3.8, 4) is 0 Å². The van der Waals surface area contributed by atoms with Gasteiger partial charge in [-0.2, -0.15) is 0 Å². The van der Waals surface area contributed by atoms with Crippen LogP contribution in [0.5, 0.6) is 0 Å². The highest BCUT2D eigenvalue weighted by atomic mass is 16.6. The Morgan fingerprint density at radius 3 is 2.56 bits per heavy atom. The van der Waals surface area contributed by atoms with Crippen LogP contribution in [0, 0.1) is 40.4 Å². The summed E-state index contributed by atoms with van der Waals surface area (Å²) < 4.78 is 6.07. The summed E-state index contributed by atoms with van der Waals surface area (Å²) in [6.45, 7) is 9.85. The molecule has 0 aromatic heterocycles. The van der Waals surface area contributed by atoms with Crippen LogP contribution in [0.25, 0.3) is 0 Å². The minimum atomic E-state index is -1.36. The summed E-state index contributed by atoms with van der Waals surface area (Å²) in [7, 11) is 0. The monoisotopic (exact) mass is 496 g/mol. The molecule has 1 saturated carbocycles. The maximum absolute atomic E-state index is 14.3. The predicted octanol–water partition coefficient (Wildman–Crippen LogP) is 4.58. The van der Waals surface area contributed by atoms with Gasteiger partial charge in [0.15, 0.2) is 5.60 Å². The molecular weight excluding hydrogens is 456 g/mol. The van der Waals surface area contributed by atoms with Gasteiger partial charge in [-0.1, -0.05) is 63.6 Å². The molecule has 4 aliphatic carbocycles. The smallest absolute Gasteiger partial charge is 0.346 e. The molecule has 2 fully saturated rings. The standard InChI is InChI=1S/C30H40O6/c1-6-18-15-30-26(34)23(27(35)36-30)25(33)29(5)19(9-7-8-12-28(30,4)14-16(18)2)10-11-20-21(29)13-22(31)17(3)24(20)32/h7-8,10-11,14,17-22,24,31-33H,6,9,12-13,15H2,1-5H3/b8-7+,25-23?/t17-,18+,19+,20-,21+,22-,24-,28+,29+,30+/m0/s1. The van der Waals surface area contributed by atoms with Crippen LogP contribution in [-0.2, 0) is 14.3 Å². The predicted molar refractivity (Wildman–Crippen MR) is 136 cm³/mol. The maximum Gasteiger partial charge on any atom is 0.346 e. The zero-order valence-corrected chi connectivity index (χ0v) is 22.0. The van der Waals surface area contributed by atoms with Crippen molar-refractivity contribution in [1.82, 2.24) is 0 Å². The Morgan fingerprint density at radius 2 is 1.86 bits per heavy atom. The summed E-state index contributed by atoms with van der Waals surface area (Å²) in [6, 6.07) is 0. The Hall–Kier alpha value is -2.18. The zero-order chi connectivity index (χ0) is 26.2. The van der Waals surface area contributed by atoms with Crippen molar-refractivity contribution < 1.29 is 29.6 Å². The van der Waals surface area contributed by atoms with Gasteiger partial charge in [-0.3, -0.25) is 4.79 Å². The number of ketones is 1. The number of esters is 1. The number of hydrogen-bond donors (Lipinski definition) is 3. The van der Waals surface area contributed by atoms with Gasteiger partial charge < -0.3 is 20.1 Å². The van der Waals surface area contributed by atoms with E-state index in [4.69, 9.17) is 4.74 Å². The van der Waals surface area contributed by atoms with Gasteiger partial charge in [0.05, 0.1) is 12.2 Å². The van der Waals surface area contributed by atoms with E-state index in [0.29, 0.717) is 25.7 Å². The molecule has 5 rings (SSSR count). The lowest BCUT2D eigenvalue weighted by Crippen LogP contribution is -2.55. The van der Waals surface area contributed by atoms with E-state index < -0.39 is 40.4 Å². The van der Waals surface area contributed by atoms with Crippen LogP contribution in [0.15, 0.2) is 47.3 Å². The summed E-state index contributed by atoms with van der Waals surface area (Å²) >= 11 is 0. The van der Waals surface area contributed by atoms with E-state index in [2.05, 4.69) is 32.1 Å². The molecule has 0 aromatic rings. The number of allylic oxidation sites excluding steroid dienone is 5. The molecule has 1 heterocycles. The number of carbonyl (C=O) groups excluding carboxylic acids is 2. The average Bonchev–Trinajstić information content (AvgIpc) is 3.08. The summed E-state index contributed by atoms with van der Waals surface area (Å²) in [5.74, 6) is -2.46. The molecule has 3 N–H and O–H groups in total. The first-order chi connectivity index (χ1) is 16.9. The van der Waals surface area contributed by atoms with Gasteiger partial charge in [-0.25, -0.2) is 4.79 Å². The maximum atomic E-state index is 14.3. The lowest BCUT2D eigenvalue weighted by atomic mass is 9.52. The number of aliphatic hydroxyl groups excluding tert-OH is 3. The van der Waals surface area contributed by atoms with Crippen LogP contribution in [0.1, 0.15) is 66.7 Å². The van der Waals surface area contributed by atoms with Gasteiger partial charge in [0.25, 0.3) is 0 Å². The number of carbonyl (C=O) groups is 2. The fourth-order valence-corrected chi connectivity index (χ4v) is 8.03. The minimum absolute atomic E-state index is 0.112. The second-order valence-corrected chi connectivity index (χ2v) is 12.4. The molecule has 0 radical (unpaired) electrons. The fraction of sp³-hybridized carbons (Fsp3) is 0.667. The Kier molecular flexibility index (Phi) is 5.96. The molecule has 5 aliphatic rings. The van der Waals surface area contributed by atoms with E-state index in [0.717, 1.165) is 6.42 Å². The topological polar surface area (TPSA) is 104 Å². The van der Waals surface area contributed by atoms with Crippen molar-refractivity contribution in [2.45, 2.75) is 84.5 Å². The van der Waals surface area contributed by atoms with Gasteiger partial charge in [-0.15, -0.1) is 0 Å². The third kappa shape index (κ3) is 3.22. The normalized spacial score (nSPS) is 49.3. The van der Waals surface area contributed by atoms with E-state index in [1.165, 1.54) is 5.57 Å². The van der Waals surface area contributed by atoms with Crippen LogP contribution >= 0.6 is 0 Å². The lowest BCUT2D eigenvalue weighted by molar-refractivity contribution is -0.165. The largest absolute Gasteiger partial charge is 0.511 e. The summed E-state index contributed by atoms with van der Waals surface area (Å²) in [5.41, 5.74) is -2.15. The van der Waals surface area contributed by atoms with Crippen molar-refractivity contribution in [2.24, 2.45) is 40.4 Å². The number of rotatable bonds is 1. The van der Waals surface area contributed by atoms with E-state index >= 15 is 0 Å². The second kappa shape index (κ2) is 8.42. The van der Waals surface area contributed by atoms with Crippen molar-refractivity contribution in [3.05, 3.63) is 47.3 Å². The molecule has 6 nitrogen and oxygen atoms in total. The number of Topliss-reactive ketones (excluding diaryl/α,β-unsaturated/α-hetero) is 1. The molecule has 1 saturated heterocycles. The molecule has 36 heavy (non-hydrogen) atoms.